The van der Waals surface area contributed by atoms with Gasteiger partial charge in [0.2, 0.25) is 0 Å². The summed E-state index contributed by atoms with van der Waals surface area (Å²) < 4.78 is 13.5. The van der Waals surface area contributed by atoms with Crippen molar-refractivity contribution in [3.05, 3.63) is 34.6 Å². The molecule has 112 valence electrons. The number of hydrogen-bond donors (Lipinski definition) is 0. The van der Waals surface area contributed by atoms with Gasteiger partial charge in [-0.15, -0.1) is 0 Å². The van der Waals surface area contributed by atoms with Crippen LogP contribution in [0.15, 0.2) is 18.2 Å². The first-order chi connectivity index (χ1) is 10.1. The molecular formula is C16H17ClFNO2. The van der Waals surface area contributed by atoms with Crippen molar-refractivity contribution in [1.29, 1.82) is 0 Å². The number of rotatable bonds is 2. The predicted octanol–water partition coefficient (Wildman–Crippen LogP) is 3.45. The van der Waals surface area contributed by atoms with Gasteiger partial charge in [0.15, 0.2) is 0 Å². The molecule has 2 atom stereocenters. The summed E-state index contributed by atoms with van der Waals surface area (Å²) in [5, 5.41) is 0.00972. The van der Waals surface area contributed by atoms with Gasteiger partial charge in [-0.1, -0.05) is 11.6 Å². The first kappa shape index (κ1) is 14.5. The van der Waals surface area contributed by atoms with E-state index in [0.717, 1.165) is 25.7 Å². The minimum absolute atomic E-state index is 0.00972. The lowest BCUT2D eigenvalue weighted by molar-refractivity contribution is -0.121. The maximum atomic E-state index is 13.5. The highest BCUT2D eigenvalue weighted by atomic mass is 35.5. The van der Waals surface area contributed by atoms with Gasteiger partial charge in [-0.05, 0) is 43.9 Å². The molecule has 2 unspecified atom stereocenters. The smallest absolute Gasteiger partial charge is 0.254 e. The van der Waals surface area contributed by atoms with Crippen LogP contribution in [-0.2, 0) is 4.79 Å². The number of carbonyl (C=O) groups is 2. The average Bonchev–Trinajstić information content (AvgIpc) is 3.09. The summed E-state index contributed by atoms with van der Waals surface area (Å²) in [6, 6.07) is 4.10. The van der Waals surface area contributed by atoms with E-state index in [1.54, 1.807) is 11.0 Å². The summed E-state index contributed by atoms with van der Waals surface area (Å²) in [7, 11) is 0. The van der Waals surface area contributed by atoms with E-state index < -0.39 is 5.82 Å². The normalized spacial score (nSPS) is 25.6. The second kappa shape index (κ2) is 5.76. The third kappa shape index (κ3) is 2.69. The second-order valence-corrected chi connectivity index (χ2v) is 6.21. The minimum Gasteiger partial charge on any atom is -0.335 e. The van der Waals surface area contributed by atoms with Gasteiger partial charge in [0.25, 0.3) is 5.91 Å². The van der Waals surface area contributed by atoms with Gasteiger partial charge >= 0.3 is 0 Å². The van der Waals surface area contributed by atoms with Gasteiger partial charge in [0.05, 0.1) is 5.02 Å². The molecule has 21 heavy (non-hydrogen) atoms. The Morgan fingerprint density at radius 1 is 1.29 bits per heavy atom. The zero-order valence-corrected chi connectivity index (χ0v) is 12.4. The van der Waals surface area contributed by atoms with E-state index in [1.807, 2.05) is 0 Å². The van der Waals surface area contributed by atoms with Crippen LogP contribution in [0.25, 0.3) is 0 Å². The minimum atomic E-state index is -0.588. The molecule has 0 N–H and O–H groups in total. The first-order valence-corrected chi connectivity index (χ1v) is 7.74. The lowest BCUT2D eigenvalue weighted by Gasteiger charge is -2.28. The molecule has 5 heteroatoms. The van der Waals surface area contributed by atoms with Crippen molar-refractivity contribution >= 4 is 23.3 Å². The number of amides is 1. The predicted molar refractivity (Wildman–Crippen MR) is 77.8 cm³/mol. The highest BCUT2D eigenvalue weighted by Crippen LogP contribution is 2.34. The number of Topliss-reactive ketones (excluding diaryl/α,β-unsaturated/α-hetero) is 1. The number of nitrogens with zero attached hydrogens (tertiary/aromatic N) is 1. The lowest BCUT2D eigenvalue weighted by atomic mass is 9.94. The average molecular weight is 310 g/mol. The summed E-state index contributed by atoms with van der Waals surface area (Å²) in [6.07, 6.45) is 4.16. The third-order valence-corrected chi connectivity index (χ3v) is 4.85. The first-order valence-electron chi connectivity index (χ1n) is 7.36. The largest absolute Gasteiger partial charge is 0.335 e. The lowest BCUT2D eigenvalue weighted by Crippen LogP contribution is -2.41. The van der Waals surface area contributed by atoms with Gasteiger partial charge in [-0.25, -0.2) is 4.39 Å². The van der Waals surface area contributed by atoms with Crippen molar-refractivity contribution in [2.24, 2.45) is 5.92 Å². The van der Waals surface area contributed by atoms with Gasteiger partial charge < -0.3 is 4.90 Å². The topological polar surface area (TPSA) is 37.4 Å². The van der Waals surface area contributed by atoms with Crippen LogP contribution in [-0.4, -0.2) is 29.2 Å². The molecule has 1 aromatic rings. The van der Waals surface area contributed by atoms with Gasteiger partial charge in [0.1, 0.15) is 11.6 Å². The molecule has 1 aliphatic carbocycles. The van der Waals surface area contributed by atoms with Gasteiger partial charge in [-0.3, -0.25) is 9.59 Å². The van der Waals surface area contributed by atoms with Crippen molar-refractivity contribution in [3.8, 4) is 0 Å². The van der Waals surface area contributed by atoms with Crippen molar-refractivity contribution in [1.82, 2.24) is 4.90 Å². The fourth-order valence-corrected chi connectivity index (χ4v) is 3.63. The Kier molecular flexibility index (Phi) is 3.98. The molecule has 1 heterocycles. The van der Waals surface area contributed by atoms with E-state index in [1.165, 1.54) is 12.1 Å². The monoisotopic (exact) mass is 309 g/mol. The fraction of sp³-hybridized carbons (Fsp3) is 0.500. The molecule has 2 fully saturated rings. The van der Waals surface area contributed by atoms with Crippen molar-refractivity contribution in [2.75, 3.05) is 6.54 Å². The van der Waals surface area contributed by atoms with E-state index >= 15 is 0 Å². The zero-order chi connectivity index (χ0) is 15.0. The third-order valence-electron chi connectivity index (χ3n) is 4.54. The van der Waals surface area contributed by atoms with E-state index in [0.29, 0.717) is 18.5 Å². The standard InChI is InChI=1S/C16H17ClFNO2/c17-12-7-6-10(9-13(12)18)16(21)19-8-2-4-14(19)11-3-1-5-15(11)20/h6-7,9,11,14H,1-5,8H2. The molecule has 2 aliphatic rings. The maximum absolute atomic E-state index is 13.5. The number of ketones is 1. The molecule has 0 radical (unpaired) electrons. The molecule has 0 bridgehead atoms. The summed E-state index contributed by atoms with van der Waals surface area (Å²) in [5.74, 6) is -0.557. The summed E-state index contributed by atoms with van der Waals surface area (Å²) in [6.45, 7) is 0.636. The van der Waals surface area contributed by atoms with E-state index in [9.17, 15) is 14.0 Å². The molecule has 3 rings (SSSR count). The van der Waals surface area contributed by atoms with Crippen molar-refractivity contribution < 1.29 is 14.0 Å². The molecular weight excluding hydrogens is 293 g/mol. The zero-order valence-electron chi connectivity index (χ0n) is 11.6. The number of carbonyl (C=O) groups excluding carboxylic acids is 2. The van der Waals surface area contributed by atoms with E-state index in [-0.39, 0.29) is 28.7 Å². The van der Waals surface area contributed by atoms with Gasteiger partial charge in [-0.2, -0.15) is 0 Å². The van der Waals surface area contributed by atoms with Crippen LogP contribution < -0.4 is 0 Å². The Balaban J connectivity index is 1.82. The Hall–Kier alpha value is -1.42. The van der Waals surface area contributed by atoms with Crippen LogP contribution in [0.5, 0.6) is 0 Å². The number of hydrogen-bond acceptors (Lipinski definition) is 2. The molecule has 1 aliphatic heterocycles. The SMILES string of the molecule is O=C1CCCC1C1CCCN1C(=O)c1ccc(Cl)c(F)c1. The Labute approximate surface area is 128 Å². The highest BCUT2D eigenvalue weighted by molar-refractivity contribution is 6.30. The van der Waals surface area contributed by atoms with Crippen molar-refractivity contribution in [2.45, 2.75) is 38.1 Å². The van der Waals surface area contributed by atoms with Crippen LogP contribution in [0.1, 0.15) is 42.5 Å². The van der Waals surface area contributed by atoms with E-state index in [4.69, 9.17) is 11.6 Å². The fourth-order valence-electron chi connectivity index (χ4n) is 3.51. The second-order valence-electron chi connectivity index (χ2n) is 5.80. The Morgan fingerprint density at radius 3 is 2.76 bits per heavy atom. The molecule has 1 aromatic carbocycles. The van der Waals surface area contributed by atoms with Crippen LogP contribution in [0.4, 0.5) is 4.39 Å². The van der Waals surface area contributed by atoms with Gasteiger partial charge in [0, 0.05) is 30.5 Å². The molecule has 0 spiro atoms. The van der Waals surface area contributed by atoms with Crippen molar-refractivity contribution in [3.63, 3.8) is 0 Å². The highest BCUT2D eigenvalue weighted by Gasteiger charge is 2.40. The Bertz CT molecular complexity index is 590. The van der Waals surface area contributed by atoms with Crippen LogP contribution in [0, 0.1) is 11.7 Å². The van der Waals surface area contributed by atoms with E-state index in [2.05, 4.69) is 0 Å². The molecule has 1 amide bonds. The molecule has 3 nitrogen and oxygen atoms in total. The van der Waals surface area contributed by atoms with Crippen LogP contribution >= 0.6 is 11.6 Å². The number of halogens is 2. The molecule has 1 saturated heterocycles. The number of likely N-dealkylation sites (tertiary alicyclic amines) is 1. The maximum Gasteiger partial charge on any atom is 0.254 e. The van der Waals surface area contributed by atoms with Crippen LogP contribution in [0.3, 0.4) is 0 Å². The summed E-state index contributed by atoms with van der Waals surface area (Å²) in [4.78, 5) is 26.3. The summed E-state index contributed by atoms with van der Waals surface area (Å²) >= 11 is 5.65. The van der Waals surface area contributed by atoms with Crippen LogP contribution in [0.2, 0.25) is 5.02 Å². The summed E-state index contributed by atoms with van der Waals surface area (Å²) in [5.41, 5.74) is 0.300. The molecule has 0 aromatic heterocycles. The number of benzene rings is 1. The Morgan fingerprint density at radius 2 is 2.10 bits per heavy atom. The molecule has 1 saturated carbocycles. The quantitative estimate of drug-likeness (QED) is 0.839.